The largest absolute Gasteiger partial charge is 0.506 e. The lowest BCUT2D eigenvalue weighted by Gasteiger charge is -2.26. The second-order valence-electron chi connectivity index (χ2n) is 8.68. The molecule has 3 aromatic carbocycles. The number of phenols is 1. The van der Waals surface area contributed by atoms with E-state index in [1.54, 1.807) is 54.6 Å². The van der Waals surface area contributed by atoms with Crippen LogP contribution in [-0.2, 0) is 9.53 Å². The third-order valence-corrected chi connectivity index (χ3v) is 6.75. The van der Waals surface area contributed by atoms with Crippen molar-refractivity contribution in [1.29, 1.82) is 0 Å². The van der Waals surface area contributed by atoms with Gasteiger partial charge in [0.05, 0.1) is 15.8 Å². The number of rotatable bonds is 9. The molecule has 3 rings (SSSR count). The summed E-state index contributed by atoms with van der Waals surface area (Å²) in [6, 6.07) is 17.8. The first-order chi connectivity index (χ1) is 17.6. The van der Waals surface area contributed by atoms with E-state index in [0.29, 0.717) is 39.9 Å². The normalized spacial score (nSPS) is 12.6. The van der Waals surface area contributed by atoms with E-state index in [-0.39, 0.29) is 17.6 Å². The van der Waals surface area contributed by atoms with Crippen molar-refractivity contribution in [2.75, 3.05) is 16.4 Å². The van der Waals surface area contributed by atoms with Crippen molar-refractivity contribution >= 4 is 60.9 Å². The van der Waals surface area contributed by atoms with Gasteiger partial charge in [-0.05, 0) is 84.1 Å². The number of ether oxygens (including phenoxy) is 1. The fourth-order valence-electron chi connectivity index (χ4n) is 3.67. The maximum absolute atomic E-state index is 12.8. The molecule has 3 aromatic rings. The molecular formula is C28H29Br2N3O4. The number of carbonyl (C=O) groups excluding carboxylic acids is 2. The summed E-state index contributed by atoms with van der Waals surface area (Å²) in [7, 11) is 0. The molecule has 0 aliphatic rings. The van der Waals surface area contributed by atoms with E-state index in [0.717, 1.165) is 10.0 Å². The molecule has 194 valence electrons. The fourth-order valence-corrected chi connectivity index (χ4v) is 4.93. The number of para-hydroxylation sites is 2. The highest BCUT2D eigenvalue weighted by Gasteiger charge is 2.27. The zero-order valence-electron chi connectivity index (χ0n) is 20.5. The van der Waals surface area contributed by atoms with Crippen LogP contribution in [0.5, 0.6) is 5.75 Å². The van der Waals surface area contributed by atoms with Crippen LogP contribution in [0.1, 0.15) is 37.0 Å². The smallest absolute Gasteiger partial charge is 0.412 e. The van der Waals surface area contributed by atoms with E-state index in [4.69, 9.17) is 10.5 Å². The van der Waals surface area contributed by atoms with Crippen LogP contribution >= 0.6 is 31.9 Å². The topological polar surface area (TPSA) is 114 Å². The molecule has 0 spiro atoms. The third kappa shape index (κ3) is 8.36. The van der Waals surface area contributed by atoms with Crippen LogP contribution in [0.4, 0.5) is 21.9 Å². The SMILES string of the molecule is Cc1ccc(NC(=O)O[C@H](c2cc(Br)cc(Br)c2O)[C@@H](C)CC/C=C/C(=O)Nc2ccccc2N)cc1. The average Bonchev–Trinajstić information content (AvgIpc) is 2.85. The number of amides is 2. The van der Waals surface area contributed by atoms with Gasteiger partial charge in [-0.2, -0.15) is 0 Å². The van der Waals surface area contributed by atoms with Gasteiger partial charge >= 0.3 is 6.09 Å². The summed E-state index contributed by atoms with van der Waals surface area (Å²) in [4.78, 5) is 25.0. The molecule has 9 heteroatoms. The number of benzene rings is 3. The molecule has 5 N–H and O–H groups in total. The van der Waals surface area contributed by atoms with Gasteiger partial charge < -0.3 is 20.9 Å². The first-order valence-corrected chi connectivity index (χ1v) is 13.3. The lowest BCUT2D eigenvalue weighted by molar-refractivity contribution is -0.111. The van der Waals surface area contributed by atoms with Gasteiger partial charge in [0.1, 0.15) is 11.9 Å². The molecule has 0 aliphatic heterocycles. The predicted molar refractivity (Wildman–Crippen MR) is 155 cm³/mol. The highest BCUT2D eigenvalue weighted by atomic mass is 79.9. The van der Waals surface area contributed by atoms with Crippen LogP contribution < -0.4 is 16.4 Å². The van der Waals surface area contributed by atoms with E-state index in [1.165, 1.54) is 6.08 Å². The number of anilines is 3. The van der Waals surface area contributed by atoms with Gasteiger partial charge in [0.2, 0.25) is 5.91 Å². The molecule has 0 radical (unpaired) electrons. The van der Waals surface area contributed by atoms with Gasteiger partial charge in [-0.25, -0.2) is 4.79 Å². The summed E-state index contributed by atoms with van der Waals surface area (Å²) < 4.78 is 7.03. The number of phenolic OH excluding ortho intramolecular Hbond substituents is 1. The maximum Gasteiger partial charge on any atom is 0.412 e. The lowest BCUT2D eigenvalue weighted by atomic mass is 9.92. The standard InChI is InChI=1S/C28H29Br2N3O4/c1-17-11-13-20(14-12-17)32-28(36)37-27(21-15-19(29)16-22(30)26(21)35)18(2)7-3-6-10-25(34)33-24-9-5-4-8-23(24)31/h4-6,8-16,18,27,35H,3,7,31H2,1-2H3,(H,32,36)(H,33,34)/b10-6+/t18-,27-/m0/s1. The Balaban J connectivity index is 1.69. The average molecular weight is 631 g/mol. The molecule has 0 saturated heterocycles. The van der Waals surface area contributed by atoms with E-state index in [2.05, 4.69) is 42.5 Å². The van der Waals surface area contributed by atoms with Crippen LogP contribution in [0, 0.1) is 12.8 Å². The van der Waals surface area contributed by atoms with Gasteiger partial charge in [-0.1, -0.05) is 58.8 Å². The monoisotopic (exact) mass is 629 g/mol. The molecule has 0 unspecified atom stereocenters. The van der Waals surface area contributed by atoms with Crippen molar-refractivity contribution in [1.82, 2.24) is 0 Å². The highest BCUT2D eigenvalue weighted by molar-refractivity contribution is 9.11. The zero-order valence-corrected chi connectivity index (χ0v) is 23.7. The van der Waals surface area contributed by atoms with Crippen LogP contribution in [0.2, 0.25) is 0 Å². The van der Waals surface area contributed by atoms with Crippen molar-refractivity contribution in [3.8, 4) is 5.75 Å². The fraction of sp³-hybridized carbons (Fsp3) is 0.214. The summed E-state index contributed by atoms with van der Waals surface area (Å²) >= 11 is 6.79. The Labute approximate surface area is 233 Å². The molecule has 2 amide bonds. The number of hydrogen-bond donors (Lipinski definition) is 4. The van der Waals surface area contributed by atoms with Gasteiger partial charge in [-0.15, -0.1) is 0 Å². The Morgan fingerprint density at radius 1 is 1.08 bits per heavy atom. The minimum absolute atomic E-state index is 0.00134. The summed E-state index contributed by atoms with van der Waals surface area (Å²) in [6.45, 7) is 3.89. The number of nitrogens with two attached hydrogens (primary N) is 1. The molecule has 0 fully saturated rings. The van der Waals surface area contributed by atoms with Crippen molar-refractivity contribution in [3.63, 3.8) is 0 Å². The minimum Gasteiger partial charge on any atom is -0.506 e. The lowest BCUT2D eigenvalue weighted by Crippen LogP contribution is -2.22. The summed E-state index contributed by atoms with van der Waals surface area (Å²) in [5.41, 5.74) is 9.05. The number of aromatic hydroxyl groups is 1. The van der Waals surface area contributed by atoms with Gasteiger partial charge in [0, 0.05) is 15.7 Å². The maximum atomic E-state index is 12.8. The molecule has 0 heterocycles. The molecule has 0 aliphatic carbocycles. The van der Waals surface area contributed by atoms with Crippen LogP contribution in [0.25, 0.3) is 0 Å². The molecule has 0 saturated carbocycles. The van der Waals surface area contributed by atoms with Crippen molar-refractivity contribution in [3.05, 3.63) is 92.9 Å². The predicted octanol–water partition coefficient (Wildman–Crippen LogP) is 7.71. The van der Waals surface area contributed by atoms with Crippen LogP contribution in [-0.4, -0.2) is 17.1 Å². The number of allylic oxidation sites excluding steroid dienone is 1. The van der Waals surface area contributed by atoms with E-state index >= 15 is 0 Å². The number of carbonyl (C=O) groups is 2. The number of hydrogen-bond acceptors (Lipinski definition) is 5. The first kappa shape index (κ1) is 28.3. The number of halogens is 2. The van der Waals surface area contributed by atoms with Gasteiger partial charge in [0.25, 0.3) is 0 Å². The first-order valence-electron chi connectivity index (χ1n) is 11.7. The van der Waals surface area contributed by atoms with E-state index < -0.39 is 12.2 Å². The molecule has 2 atom stereocenters. The quantitative estimate of drug-likeness (QED) is 0.143. The molecule has 0 bridgehead atoms. The summed E-state index contributed by atoms with van der Waals surface area (Å²) in [6.07, 6.45) is 2.96. The third-order valence-electron chi connectivity index (χ3n) is 5.69. The van der Waals surface area contributed by atoms with Crippen LogP contribution in [0.3, 0.4) is 0 Å². The number of aryl methyl sites for hydroxylation is 1. The minimum atomic E-state index is -0.745. The molecule has 0 aromatic heterocycles. The number of nitrogens with one attached hydrogen (secondary N) is 2. The van der Waals surface area contributed by atoms with Gasteiger partial charge in [0.15, 0.2) is 0 Å². The molecule has 7 nitrogen and oxygen atoms in total. The Morgan fingerprint density at radius 3 is 2.49 bits per heavy atom. The number of nitrogen functional groups attached to an aromatic ring is 1. The summed E-state index contributed by atoms with van der Waals surface area (Å²) in [5.74, 6) is -0.476. The van der Waals surface area contributed by atoms with Crippen molar-refractivity contribution in [2.45, 2.75) is 32.8 Å². The zero-order chi connectivity index (χ0) is 26.9. The second kappa shape index (κ2) is 13.3. The highest BCUT2D eigenvalue weighted by Crippen LogP contribution is 2.40. The van der Waals surface area contributed by atoms with Crippen molar-refractivity contribution < 1.29 is 19.4 Å². The van der Waals surface area contributed by atoms with Gasteiger partial charge in [-0.3, -0.25) is 10.1 Å². The Bertz CT molecular complexity index is 1280. The summed E-state index contributed by atoms with van der Waals surface area (Å²) in [5, 5.41) is 16.2. The Hall–Kier alpha value is -3.30. The molecular weight excluding hydrogens is 602 g/mol. The van der Waals surface area contributed by atoms with Crippen molar-refractivity contribution in [2.24, 2.45) is 5.92 Å². The second-order valence-corrected chi connectivity index (χ2v) is 10.4. The Morgan fingerprint density at radius 2 is 1.78 bits per heavy atom. The molecule has 37 heavy (non-hydrogen) atoms. The Kier molecular flexibility index (Phi) is 10.2. The van der Waals surface area contributed by atoms with E-state index in [1.807, 2.05) is 26.0 Å². The van der Waals surface area contributed by atoms with Crippen LogP contribution in [0.15, 0.2) is 81.8 Å². The van der Waals surface area contributed by atoms with E-state index in [9.17, 15) is 14.7 Å².